The average Bonchev–Trinajstić information content (AvgIpc) is 2.84. The Bertz CT molecular complexity index is 1290. The topological polar surface area (TPSA) is 93.2 Å². The number of amides is 2. The third-order valence-electron chi connectivity index (χ3n) is 4.79. The molecule has 0 spiro atoms. The number of methoxy groups -OCH3 is 1. The van der Waals surface area contributed by atoms with E-state index in [0.29, 0.717) is 28.3 Å². The lowest BCUT2D eigenvalue weighted by Gasteiger charge is -2.08. The summed E-state index contributed by atoms with van der Waals surface area (Å²) in [5, 5.41) is 5.59. The molecule has 33 heavy (non-hydrogen) atoms. The predicted molar refractivity (Wildman–Crippen MR) is 131 cm³/mol. The highest BCUT2D eigenvalue weighted by Crippen LogP contribution is 2.22. The summed E-state index contributed by atoms with van der Waals surface area (Å²) in [6.45, 7) is 0. The number of benzene rings is 3. The van der Waals surface area contributed by atoms with Crippen LogP contribution in [-0.2, 0) is 0 Å². The Kier molecular flexibility index (Phi) is 6.75. The van der Waals surface area contributed by atoms with Crippen LogP contribution in [0.5, 0.6) is 5.75 Å². The molecule has 4 rings (SSSR count). The first-order valence-corrected chi connectivity index (χ1v) is 10.8. The number of halogens is 1. The summed E-state index contributed by atoms with van der Waals surface area (Å²) in [5.41, 5.74) is 3.09. The van der Waals surface area contributed by atoms with Crippen molar-refractivity contribution in [1.82, 2.24) is 9.97 Å². The highest BCUT2D eigenvalue weighted by molar-refractivity contribution is 9.10. The molecule has 7 nitrogen and oxygen atoms in total. The summed E-state index contributed by atoms with van der Waals surface area (Å²) in [6, 6.07) is 22.9. The van der Waals surface area contributed by atoms with Crippen LogP contribution in [0.4, 0.5) is 11.5 Å². The van der Waals surface area contributed by atoms with E-state index >= 15 is 0 Å². The van der Waals surface area contributed by atoms with E-state index in [2.05, 4.69) is 36.5 Å². The molecule has 0 unspecified atom stereocenters. The Morgan fingerprint density at radius 3 is 2.24 bits per heavy atom. The number of nitrogens with one attached hydrogen (secondary N) is 2. The number of anilines is 2. The van der Waals surface area contributed by atoms with Crippen LogP contribution >= 0.6 is 15.9 Å². The van der Waals surface area contributed by atoms with Gasteiger partial charge in [0.15, 0.2) is 0 Å². The smallest absolute Gasteiger partial charge is 0.256 e. The van der Waals surface area contributed by atoms with E-state index in [0.717, 1.165) is 15.8 Å². The lowest BCUT2D eigenvalue weighted by Crippen LogP contribution is -2.14. The van der Waals surface area contributed by atoms with E-state index in [4.69, 9.17) is 4.74 Å². The van der Waals surface area contributed by atoms with Crippen molar-refractivity contribution in [3.05, 3.63) is 101 Å². The van der Waals surface area contributed by atoms with Gasteiger partial charge in [-0.3, -0.25) is 9.59 Å². The van der Waals surface area contributed by atoms with Gasteiger partial charge in [0.2, 0.25) is 0 Å². The summed E-state index contributed by atoms with van der Waals surface area (Å²) < 4.78 is 5.99. The van der Waals surface area contributed by atoms with Gasteiger partial charge in [-0.1, -0.05) is 22.0 Å². The van der Waals surface area contributed by atoms with Crippen molar-refractivity contribution < 1.29 is 14.3 Å². The zero-order chi connectivity index (χ0) is 23.2. The molecule has 0 atom stereocenters. The van der Waals surface area contributed by atoms with Crippen LogP contribution in [-0.4, -0.2) is 28.9 Å². The van der Waals surface area contributed by atoms with Crippen molar-refractivity contribution >= 4 is 39.2 Å². The molecule has 0 aliphatic rings. The third-order valence-corrected chi connectivity index (χ3v) is 5.28. The fraction of sp³-hybridized carbons (Fsp3) is 0.0400. The standard InChI is InChI=1S/C25H19BrN4O3/c1-33-21-11-7-16(8-12-21)22-14-23(28-15-27-22)30-24(31)17-5-9-20(10-6-17)29-25(32)18-3-2-4-19(26)13-18/h2-15H,1H3,(H,29,32)(H,27,28,30,31). The summed E-state index contributed by atoms with van der Waals surface area (Å²) in [4.78, 5) is 33.4. The number of carbonyl (C=O) groups excluding carboxylic acids is 2. The van der Waals surface area contributed by atoms with Gasteiger partial charge < -0.3 is 15.4 Å². The molecule has 2 N–H and O–H groups in total. The first-order valence-electron chi connectivity index (χ1n) is 9.96. The van der Waals surface area contributed by atoms with Crippen molar-refractivity contribution in [3.63, 3.8) is 0 Å². The highest BCUT2D eigenvalue weighted by Gasteiger charge is 2.10. The second kappa shape index (κ2) is 10.1. The quantitative estimate of drug-likeness (QED) is 0.367. The minimum absolute atomic E-state index is 0.236. The molecule has 164 valence electrons. The summed E-state index contributed by atoms with van der Waals surface area (Å²) >= 11 is 3.35. The van der Waals surface area contributed by atoms with E-state index in [1.807, 2.05) is 30.3 Å². The molecule has 0 radical (unpaired) electrons. The zero-order valence-electron chi connectivity index (χ0n) is 17.6. The number of aromatic nitrogens is 2. The Morgan fingerprint density at radius 2 is 1.55 bits per heavy atom. The van der Waals surface area contributed by atoms with Crippen molar-refractivity contribution in [1.29, 1.82) is 0 Å². The monoisotopic (exact) mass is 502 g/mol. The summed E-state index contributed by atoms with van der Waals surface area (Å²) in [5.74, 6) is 0.574. The second-order valence-electron chi connectivity index (χ2n) is 7.01. The van der Waals surface area contributed by atoms with Crippen LogP contribution in [0.3, 0.4) is 0 Å². The fourth-order valence-corrected chi connectivity index (χ4v) is 3.47. The number of nitrogens with zero attached hydrogens (tertiary/aromatic N) is 2. The van der Waals surface area contributed by atoms with Crippen molar-refractivity contribution in [2.75, 3.05) is 17.7 Å². The maximum absolute atomic E-state index is 12.7. The first-order chi connectivity index (χ1) is 16.0. The summed E-state index contributed by atoms with van der Waals surface area (Å²) in [6.07, 6.45) is 1.40. The minimum atomic E-state index is -0.320. The van der Waals surface area contributed by atoms with Crippen LogP contribution in [0.1, 0.15) is 20.7 Å². The molecule has 8 heteroatoms. The lowest BCUT2D eigenvalue weighted by molar-refractivity contribution is 0.101. The van der Waals surface area contributed by atoms with Crippen LogP contribution < -0.4 is 15.4 Å². The van der Waals surface area contributed by atoms with Gasteiger partial charge in [0.1, 0.15) is 17.9 Å². The van der Waals surface area contributed by atoms with Gasteiger partial charge in [-0.25, -0.2) is 9.97 Å². The van der Waals surface area contributed by atoms with Gasteiger partial charge in [0, 0.05) is 32.9 Å². The van der Waals surface area contributed by atoms with Gasteiger partial charge >= 0.3 is 0 Å². The molecule has 0 aliphatic carbocycles. The highest BCUT2D eigenvalue weighted by atomic mass is 79.9. The molecule has 4 aromatic rings. The van der Waals surface area contributed by atoms with Crippen molar-refractivity contribution in [2.24, 2.45) is 0 Å². The molecular weight excluding hydrogens is 484 g/mol. The Balaban J connectivity index is 1.42. The normalized spacial score (nSPS) is 10.4. The fourth-order valence-electron chi connectivity index (χ4n) is 3.07. The molecule has 0 fully saturated rings. The predicted octanol–water partition coefficient (Wildman–Crippen LogP) is 5.42. The van der Waals surface area contributed by atoms with Crippen molar-refractivity contribution in [2.45, 2.75) is 0 Å². The van der Waals surface area contributed by atoms with E-state index in [-0.39, 0.29) is 11.8 Å². The van der Waals surface area contributed by atoms with Crippen LogP contribution in [0.15, 0.2) is 89.7 Å². The molecule has 3 aromatic carbocycles. The Hall–Kier alpha value is -4.04. The first kappa shape index (κ1) is 22.2. The largest absolute Gasteiger partial charge is 0.497 e. The van der Waals surface area contributed by atoms with Crippen LogP contribution in [0.25, 0.3) is 11.3 Å². The van der Waals surface area contributed by atoms with Crippen LogP contribution in [0, 0.1) is 0 Å². The third kappa shape index (κ3) is 5.61. The minimum Gasteiger partial charge on any atom is -0.497 e. The van der Waals surface area contributed by atoms with Crippen LogP contribution in [0.2, 0.25) is 0 Å². The van der Waals surface area contributed by atoms with Gasteiger partial charge in [-0.15, -0.1) is 0 Å². The molecule has 2 amide bonds. The molecule has 0 aliphatic heterocycles. The number of hydrogen-bond donors (Lipinski definition) is 2. The number of carbonyl (C=O) groups is 2. The summed E-state index contributed by atoms with van der Waals surface area (Å²) in [7, 11) is 1.61. The van der Waals surface area contributed by atoms with Crippen molar-refractivity contribution in [3.8, 4) is 17.0 Å². The second-order valence-corrected chi connectivity index (χ2v) is 7.93. The maximum Gasteiger partial charge on any atom is 0.256 e. The Labute approximate surface area is 199 Å². The van der Waals surface area contributed by atoms with E-state index in [1.54, 1.807) is 55.6 Å². The average molecular weight is 503 g/mol. The van der Waals surface area contributed by atoms with Gasteiger partial charge in [-0.2, -0.15) is 0 Å². The number of rotatable bonds is 6. The lowest BCUT2D eigenvalue weighted by atomic mass is 10.1. The number of hydrogen-bond acceptors (Lipinski definition) is 5. The van der Waals surface area contributed by atoms with Gasteiger partial charge in [0.05, 0.1) is 12.8 Å². The zero-order valence-corrected chi connectivity index (χ0v) is 19.2. The molecule has 0 saturated carbocycles. The molecule has 0 saturated heterocycles. The number of ether oxygens (including phenoxy) is 1. The molecule has 1 heterocycles. The Morgan fingerprint density at radius 1 is 0.818 bits per heavy atom. The van der Waals surface area contributed by atoms with E-state index in [1.165, 1.54) is 6.33 Å². The SMILES string of the molecule is COc1ccc(-c2cc(NC(=O)c3ccc(NC(=O)c4cccc(Br)c4)cc3)ncn2)cc1. The van der Waals surface area contributed by atoms with Gasteiger partial charge in [-0.05, 0) is 66.7 Å². The van der Waals surface area contributed by atoms with E-state index in [9.17, 15) is 9.59 Å². The molecule has 1 aromatic heterocycles. The molecular formula is C25H19BrN4O3. The van der Waals surface area contributed by atoms with E-state index < -0.39 is 0 Å². The maximum atomic E-state index is 12.7. The van der Waals surface area contributed by atoms with Gasteiger partial charge in [0.25, 0.3) is 11.8 Å². The molecule has 0 bridgehead atoms.